The highest BCUT2D eigenvalue weighted by Crippen LogP contribution is 2.57. The Morgan fingerprint density at radius 1 is 1.16 bits per heavy atom. The first-order valence-electron chi connectivity index (χ1n) is 11.4. The number of nitrogens with zero attached hydrogens (tertiary/aromatic N) is 1. The smallest absolute Gasteiger partial charge is 0.309 e. The minimum Gasteiger partial charge on any atom is -0.481 e. The summed E-state index contributed by atoms with van der Waals surface area (Å²) in [6, 6.07) is 16.7. The molecule has 31 heavy (non-hydrogen) atoms. The van der Waals surface area contributed by atoms with Gasteiger partial charge in [0.1, 0.15) is 6.61 Å². The van der Waals surface area contributed by atoms with Crippen LogP contribution in [0.2, 0.25) is 0 Å². The molecule has 1 saturated carbocycles. The van der Waals surface area contributed by atoms with Gasteiger partial charge < -0.3 is 9.94 Å². The lowest BCUT2D eigenvalue weighted by Gasteiger charge is -2.53. The number of carboxylic acid groups (broad SMARTS) is 1. The number of hydrogen-bond donors (Lipinski definition) is 1. The molecule has 0 spiro atoms. The Hall–Kier alpha value is -2.62. The second kappa shape index (κ2) is 8.14. The minimum absolute atomic E-state index is 0.0114. The van der Waals surface area contributed by atoms with Gasteiger partial charge in [-0.05, 0) is 66.2 Å². The lowest BCUT2D eigenvalue weighted by molar-refractivity contribution is -0.156. The van der Waals surface area contributed by atoms with Crippen LogP contribution in [0.4, 0.5) is 0 Å². The van der Waals surface area contributed by atoms with E-state index in [0.29, 0.717) is 25.4 Å². The molecule has 0 saturated heterocycles. The van der Waals surface area contributed by atoms with E-state index in [4.69, 9.17) is 4.84 Å². The van der Waals surface area contributed by atoms with E-state index in [1.54, 1.807) is 0 Å². The topological polar surface area (TPSA) is 58.9 Å². The summed E-state index contributed by atoms with van der Waals surface area (Å²) in [5.41, 5.74) is 4.64. The van der Waals surface area contributed by atoms with Crippen LogP contribution in [0.3, 0.4) is 0 Å². The van der Waals surface area contributed by atoms with Gasteiger partial charge in [-0.15, -0.1) is 0 Å². The number of benzene rings is 2. The molecule has 2 aromatic carbocycles. The normalized spacial score (nSPS) is 28.8. The van der Waals surface area contributed by atoms with E-state index in [9.17, 15) is 9.90 Å². The number of carbonyl (C=O) groups is 1. The van der Waals surface area contributed by atoms with Crippen molar-refractivity contribution < 1.29 is 14.7 Å². The van der Waals surface area contributed by atoms with Crippen molar-refractivity contribution in [2.45, 2.75) is 71.3 Å². The van der Waals surface area contributed by atoms with Gasteiger partial charge in [-0.25, -0.2) is 0 Å². The summed E-state index contributed by atoms with van der Waals surface area (Å²) in [5.74, 6) is -0.295. The van der Waals surface area contributed by atoms with Crippen molar-refractivity contribution in [3.05, 3.63) is 70.8 Å². The molecule has 0 aromatic heterocycles. The van der Waals surface area contributed by atoms with E-state index in [-0.39, 0.29) is 11.3 Å². The third-order valence-electron chi connectivity index (χ3n) is 7.70. The van der Waals surface area contributed by atoms with Gasteiger partial charge in [0.2, 0.25) is 0 Å². The van der Waals surface area contributed by atoms with Crippen LogP contribution in [0, 0.1) is 11.3 Å². The van der Waals surface area contributed by atoms with Crippen LogP contribution in [0.25, 0.3) is 0 Å². The first-order valence-corrected chi connectivity index (χ1v) is 11.4. The molecule has 0 radical (unpaired) electrons. The fourth-order valence-electron chi connectivity index (χ4n) is 5.71. The molecule has 4 heteroatoms. The zero-order valence-electron chi connectivity index (χ0n) is 19.0. The summed E-state index contributed by atoms with van der Waals surface area (Å²) in [4.78, 5) is 18.2. The zero-order chi connectivity index (χ0) is 22.2. The summed E-state index contributed by atoms with van der Waals surface area (Å²) in [6.07, 6.45) is 3.27. The third-order valence-corrected chi connectivity index (χ3v) is 7.70. The Bertz CT molecular complexity index is 997. The SMILES string of the molecule is CC(C)c1ccc2c(c1)/C(=N/OCc1ccccc1)C[C@H]1[C@](C)(C(=O)O)CCC[C@]21C. The first kappa shape index (κ1) is 21.6. The van der Waals surface area contributed by atoms with E-state index in [1.807, 2.05) is 37.3 Å². The Morgan fingerprint density at radius 2 is 1.90 bits per heavy atom. The average Bonchev–Trinajstić information content (AvgIpc) is 2.75. The predicted octanol–water partition coefficient (Wildman–Crippen LogP) is 6.28. The molecule has 0 bridgehead atoms. The molecule has 2 aliphatic carbocycles. The standard InChI is InChI=1S/C27H33NO3/c1-18(2)20-11-12-22-21(15-20)23(28-31-17-19-9-6-5-7-10-19)16-24-26(22,3)13-8-14-27(24,4)25(29)30/h5-7,9-12,15,18,24H,8,13-14,16-17H2,1-4H3,(H,29,30)/b28-23+/t24-,26-,27-/m1/s1. The fraction of sp³-hybridized carbons (Fsp3) is 0.481. The van der Waals surface area contributed by atoms with Crippen molar-refractivity contribution >= 4 is 11.7 Å². The van der Waals surface area contributed by atoms with Gasteiger partial charge in [0.05, 0.1) is 11.1 Å². The Balaban J connectivity index is 1.77. The lowest BCUT2D eigenvalue weighted by atomic mass is 9.49. The molecule has 4 nitrogen and oxygen atoms in total. The minimum atomic E-state index is -0.762. The highest BCUT2D eigenvalue weighted by molar-refractivity contribution is 6.04. The van der Waals surface area contributed by atoms with Gasteiger partial charge in [-0.1, -0.05) is 74.8 Å². The van der Waals surface area contributed by atoms with E-state index < -0.39 is 11.4 Å². The highest BCUT2D eigenvalue weighted by Gasteiger charge is 2.56. The van der Waals surface area contributed by atoms with Crippen LogP contribution in [0.1, 0.15) is 81.5 Å². The van der Waals surface area contributed by atoms with Crippen LogP contribution in [0.15, 0.2) is 53.7 Å². The predicted molar refractivity (Wildman–Crippen MR) is 123 cm³/mol. The molecule has 4 rings (SSSR count). The van der Waals surface area contributed by atoms with E-state index in [0.717, 1.165) is 29.7 Å². The number of aliphatic carboxylic acids is 1. The van der Waals surface area contributed by atoms with Crippen molar-refractivity contribution in [2.24, 2.45) is 16.5 Å². The Labute approximate surface area is 185 Å². The Morgan fingerprint density at radius 3 is 2.58 bits per heavy atom. The summed E-state index contributed by atoms with van der Waals surface area (Å²) >= 11 is 0. The molecule has 2 aromatic rings. The van der Waals surface area contributed by atoms with Gasteiger partial charge in [-0.3, -0.25) is 4.79 Å². The number of rotatable bonds is 5. The van der Waals surface area contributed by atoms with Crippen LogP contribution < -0.4 is 0 Å². The molecule has 164 valence electrons. The molecule has 0 aliphatic heterocycles. The molecule has 1 N–H and O–H groups in total. The average molecular weight is 420 g/mol. The molecule has 0 unspecified atom stereocenters. The summed E-state index contributed by atoms with van der Waals surface area (Å²) in [7, 11) is 0. The lowest BCUT2D eigenvalue weighted by Crippen LogP contribution is -2.53. The van der Waals surface area contributed by atoms with Crippen LogP contribution in [-0.2, 0) is 21.7 Å². The maximum absolute atomic E-state index is 12.4. The fourth-order valence-corrected chi connectivity index (χ4v) is 5.71. The summed E-state index contributed by atoms with van der Waals surface area (Å²) < 4.78 is 0. The van der Waals surface area contributed by atoms with Crippen LogP contribution in [0.5, 0.6) is 0 Å². The molecular weight excluding hydrogens is 386 g/mol. The van der Waals surface area contributed by atoms with E-state index >= 15 is 0 Å². The maximum Gasteiger partial charge on any atom is 0.309 e. The second-order valence-electron chi connectivity index (χ2n) is 10.0. The van der Waals surface area contributed by atoms with Crippen molar-refractivity contribution in [3.63, 3.8) is 0 Å². The van der Waals surface area contributed by atoms with E-state index in [1.165, 1.54) is 11.1 Å². The molecule has 1 fully saturated rings. The maximum atomic E-state index is 12.4. The molecular formula is C27H33NO3. The molecule has 0 amide bonds. The van der Waals surface area contributed by atoms with Crippen molar-refractivity contribution in [3.8, 4) is 0 Å². The number of hydrogen-bond acceptors (Lipinski definition) is 3. The van der Waals surface area contributed by atoms with E-state index in [2.05, 4.69) is 44.1 Å². The number of oxime groups is 1. The van der Waals surface area contributed by atoms with Crippen molar-refractivity contribution in [1.29, 1.82) is 0 Å². The van der Waals surface area contributed by atoms with Gasteiger partial charge >= 0.3 is 5.97 Å². The van der Waals surface area contributed by atoms with Crippen LogP contribution >= 0.6 is 0 Å². The Kier molecular flexibility index (Phi) is 5.67. The van der Waals surface area contributed by atoms with Gasteiger partial charge in [-0.2, -0.15) is 0 Å². The zero-order valence-corrected chi connectivity index (χ0v) is 19.0. The highest BCUT2D eigenvalue weighted by atomic mass is 16.6. The van der Waals surface area contributed by atoms with Crippen LogP contribution in [-0.4, -0.2) is 16.8 Å². The molecule has 2 aliphatic rings. The second-order valence-corrected chi connectivity index (χ2v) is 10.0. The monoisotopic (exact) mass is 419 g/mol. The quantitative estimate of drug-likeness (QED) is 0.580. The molecule has 3 atom stereocenters. The number of fused-ring (bicyclic) bond motifs is 3. The largest absolute Gasteiger partial charge is 0.481 e. The summed E-state index contributed by atoms with van der Waals surface area (Å²) in [6.45, 7) is 8.97. The molecule has 0 heterocycles. The summed E-state index contributed by atoms with van der Waals surface area (Å²) in [5, 5.41) is 14.7. The van der Waals surface area contributed by atoms with Crippen molar-refractivity contribution in [2.75, 3.05) is 0 Å². The van der Waals surface area contributed by atoms with Gasteiger partial charge in [0.15, 0.2) is 0 Å². The van der Waals surface area contributed by atoms with Gasteiger partial charge in [0.25, 0.3) is 0 Å². The third kappa shape index (κ3) is 3.77. The van der Waals surface area contributed by atoms with Crippen molar-refractivity contribution in [1.82, 2.24) is 0 Å². The number of carboxylic acids is 1. The first-order chi connectivity index (χ1) is 14.8. The van der Waals surface area contributed by atoms with Gasteiger partial charge in [0, 0.05) is 5.56 Å².